The lowest BCUT2D eigenvalue weighted by atomic mass is 9.79. The fourth-order valence-corrected chi connectivity index (χ4v) is 6.22. The quantitative estimate of drug-likeness (QED) is 0.0246. The molecule has 0 aliphatic carbocycles. The zero-order valence-electron chi connectivity index (χ0n) is 77.7. The van der Waals surface area contributed by atoms with Crippen LogP contribution < -0.4 is 10.5 Å². The average molecular weight is 1280 g/mol. The Morgan fingerprint density at radius 3 is 1.24 bits per heavy atom. The highest BCUT2D eigenvalue weighted by atomic mass is 35.5. The summed E-state index contributed by atoms with van der Waals surface area (Å²) in [5, 5.41) is 27.8. The van der Waals surface area contributed by atoms with Crippen molar-refractivity contribution in [2.75, 3.05) is 12.8 Å². The van der Waals surface area contributed by atoms with Crippen LogP contribution >= 0.6 is 23.9 Å². The Morgan fingerprint density at radius 1 is 0.553 bits per heavy atom. The van der Waals surface area contributed by atoms with Crippen molar-refractivity contribution in [3.8, 4) is 28.7 Å². The molecular weight excluding hydrogens is 1140 g/mol. The van der Waals surface area contributed by atoms with Gasteiger partial charge in [0.2, 0.25) is 0 Å². The third kappa shape index (κ3) is 37.6. The number of carbonyl (C=O) groups is 2. The number of phenols is 4. The predicted octanol–water partition coefficient (Wildman–Crippen LogP) is 19.0. The van der Waals surface area contributed by atoms with Crippen LogP contribution in [0.3, 0.4) is 0 Å². The van der Waals surface area contributed by atoms with E-state index < -0.39 is 101 Å². The van der Waals surface area contributed by atoms with Crippen molar-refractivity contribution in [1.82, 2.24) is 0 Å². The van der Waals surface area contributed by atoms with Crippen LogP contribution in [-0.2, 0) is 63.3 Å². The second kappa shape index (κ2) is 36.0. The molecule has 0 amide bonds. The molecule has 9 N–H and O–H groups in total. The SMILES string of the molecule is C.C.C.CC(C)(C)c1ccc(O)cc1.COC(=O)Cl.[2H]C([2H])([2H])C(C)(c1cc(C(C)(C)C)c(N)cc1O)C([2H])([2H])[2H].[2H]Cl.[2H]Oc1c([2H])cc(C(C)(C)C)cc1C(C)(C([2H])([2H])[2H])C([2H])([2H])[2H].[2H]Oc1c([2H])cc(C(C)(C)C)cc1[2H].[2H][O+]([2H])S(=O)(=O)O.[2H]c1cc(C(C)(C)C)cc(C(C)(C([2H])([2H])[2H])C([2H])([2H])[2H])c1OC(C)=O. The van der Waals surface area contributed by atoms with Crippen molar-refractivity contribution >= 4 is 51.4 Å². The normalized spacial score (nSPS) is 16.8. The lowest BCUT2D eigenvalue weighted by Crippen LogP contribution is -2.18. The summed E-state index contributed by atoms with van der Waals surface area (Å²) >= 11 is 8.49. The number of methoxy groups -OCH3 is 1. The van der Waals surface area contributed by atoms with E-state index in [1.807, 2.05) is 95.2 Å². The largest absolute Gasteiger partial charge is 0.526 e. The summed E-state index contributed by atoms with van der Waals surface area (Å²) < 4.78 is 237. The molecule has 0 unspecified atom stereocenters. The fourth-order valence-electron chi connectivity index (χ4n) is 6.22. The van der Waals surface area contributed by atoms with Gasteiger partial charge in [-0.2, -0.15) is 0 Å². The van der Waals surface area contributed by atoms with Crippen molar-refractivity contribution in [2.24, 2.45) is 0 Å². The second-order valence-corrected chi connectivity index (χ2v) is 25.4. The zero-order valence-corrected chi connectivity index (χ0v) is 53.0. The molecule has 0 spiro atoms. The number of benzene rings is 5. The molecule has 5 aromatic rings. The summed E-state index contributed by atoms with van der Waals surface area (Å²) in [5.74, 6) is -1.49. The van der Waals surface area contributed by atoms with E-state index in [0.29, 0.717) is 28.1 Å². The van der Waals surface area contributed by atoms with Gasteiger partial charge in [0.1, 0.15) is 29.9 Å². The number of nitrogen functional groups attached to an aromatic ring is 1. The number of rotatable bonds is 4. The summed E-state index contributed by atoms with van der Waals surface area (Å²) in [4.78, 5) is 20.8. The molecular formula is C69H116Cl2NO12S+. The molecule has 488 valence electrons. The molecule has 0 radical (unpaired) electrons. The minimum atomic E-state index is -4.66. The van der Waals surface area contributed by atoms with Crippen molar-refractivity contribution in [3.63, 3.8) is 0 Å². The van der Waals surface area contributed by atoms with Gasteiger partial charge in [0.15, 0.2) is 0 Å². The monoisotopic (exact) mass is 1280 g/mol. The summed E-state index contributed by atoms with van der Waals surface area (Å²) in [6.45, 7) is 16.6. The number of carbonyl (C=O) groups excluding carboxylic acids is 2. The van der Waals surface area contributed by atoms with Gasteiger partial charge < -0.3 is 40.2 Å². The maximum atomic E-state index is 11.4. The molecule has 0 aromatic heterocycles. The molecule has 0 atom stereocenters. The van der Waals surface area contributed by atoms with Crippen LogP contribution in [0.2, 0.25) is 0 Å². The van der Waals surface area contributed by atoms with Crippen molar-refractivity contribution in [3.05, 3.63) is 141 Å². The molecule has 5 aromatic carbocycles. The summed E-state index contributed by atoms with van der Waals surface area (Å²) in [7, 11) is -3.44. The first-order valence-electron chi connectivity index (χ1n) is 37.9. The molecule has 85 heavy (non-hydrogen) atoms. The van der Waals surface area contributed by atoms with E-state index in [9.17, 15) is 23.1 Å². The molecule has 0 aliphatic heterocycles. The minimum absolute atomic E-state index is 0. The Bertz CT molecular complexity index is 3840. The van der Waals surface area contributed by atoms with E-state index in [1.54, 1.807) is 24.3 Å². The Kier molecular flexibility index (Phi) is 20.5. The van der Waals surface area contributed by atoms with Crippen LogP contribution in [0, 0.1) is 0 Å². The third-order valence-electron chi connectivity index (χ3n) is 10.9. The van der Waals surface area contributed by atoms with E-state index in [4.69, 9.17) is 57.2 Å². The molecule has 0 fully saturated rings. The Balaban J connectivity index is -0.000000304. The van der Waals surface area contributed by atoms with E-state index in [1.165, 1.54) is 49.1 Å². The number of anilines is 1. The topological polar surface area (TPSA) is 237 Å². The Labute approximate surface area is 565 Å². The predicted molar refractivity (Wildman–Crippen MR) is 365 cm³/mol. The van der Waals surface area contributed by atoms with Gasteiger partial charge in [0.25, 0.3) is 2.86 Å². The van der Waals surface area contributed by atoms with Gasteiger partial charge in [-0.25, -0.2) is 9.35 Å². The molecule has 13 nitrogen and oxygen atoms in total. The average Bonchev–Trinajstić information content (AvgIpc) is 0.747. The molecule has 0 bridgehead atoms. The third-order valence-corrected chi connectivity index (χ3v) is 11.0. The number of hydrogen-bond donors (Lipinski definition) is 6. The Hall–Kier alpha value is -5.51. The Morgan fingerprint density at radius 2 is 0.906 bits per heavy atom. The molecule has 0 saturated carbocycles. The summed E-state index contributed by atoms with van der Waals surface area (Å²) in [5.41, 5.74) is 0.926. The first-order valence-corrected chi connectivity index (χ1v) is 26.6. The zero-order chi connectivity index (χ0) is 87.9. The highest BCUT2D eigenvalue weighted by molar-refractivity contribution is 7.79. The number of hydrogen-bond acceptors (Lipinski definition) is 11. The number of ether oxygens (including phenoxy) is 2. The molecule has 16 heteroatoms. The van der Waals surface area contributed by atoms with Gasteiger partial charge >= 0.3 is 24.7 Å². The van der Waals surface area contributed by atoms with Crippen LogP contribution in [0.1, 0.15) is 270 Å². The van der Waals surface area contributed by atoms with Crippen molar-refractivity contribution in [1.29, 1.82) is 6.90 Å². The van der Waals surface area contributed by atoms with E-state index in [2.05, 4.69) is 59.6 Å². The lowest BCUT2D eigenvalue weighted by molar-refractivity contribution is -0.132. The van der Waals surface area contributed by atoms with Crippen LogP contribution in [0.4, 0.5) is 10.5 Å². The highest BCUT2D eigenvalue weighted by Crippen LogP contribution is 2.39. The van der Waals surface area contributed by atoms with Crippen LogP contribution in [0.25, 0.3) is 0 Å². The second-order valence-electron chi connectivity index (χ2n) is 24.2. The van der Waals surface area contributed by atoms with Crippen LogP contribution in [0.5, 0.6) is 28.7 Å². The van der Waals surface area contributed by atoms with Gasteiger partial charge in [0.05, 0.1) is 12.6 Å². The van der Waals surface area contributed by atoms with Gasteiger partial charge in [0, 0.05) is 60.5 Å². The highest BCUT2D eigenvalue weighted by Gasteiger charge is 2.26. The van der Waals surface area contributed by atoms with Gasteiger partial charge in [-0.1, -0.05) is 237 Å². The number of esters is 1. The van der Waals surface area contributed by atoms with Gasteiger partial charge in [-0.15, -0.1) is 20.7 Å². The number of aromatic hydroxyl groups is 4. The summed E-state index contributed by atoms with van der Waals surface area (Å²) in [6, 6.07) is 18.8. The molecule has 0 saturated heterocycles. The molecule has 0 aliphatic rings. The van der Waals surface area contributed by atoms with Gasteiger partial charge in [-0.3, -0.25) is 4.79 Å². The van der Waals surface area contributed by atoms with E-state index >= 15 is 0 Å². The number of nitrogens with two attached hydrogens (primary N) is 1. The van der Waals surface area contributed by atoms with Crippen LogP contribution in [0.15, 0.2) is 97.0 Å². The number of phenolic OH excluding ortho intramolecular Hbond substituents is 4. The molecule has 5 rings (SSSR count). The van der Waals surface area contributed by atoms with E-state index in [-0.39, 0.29) is 95.8 Å². The first kappa shape index (κ1) is 48.5. The van der Waals surface area contributed by atoms with Gasteiger partial charge in [-0.05, 0) is 125 Å². The maximum Gasteiger partial charge on any atom is 0.526 e. The summed E-state index contributed by atoms with van der Waals surface area (Å²) in [6.07, 6.45) is 0. The van der Waals surface area contributed by atoms with Crippen molar-refractivity contribution in [2.45, 2.75) is 238 Å². The fraction of sp³-hybridized carbons (Fsp3) is 0.536. The van der Waals surface area contributed by atoms with E-state index in [0.717, 1.165) is 33.3 Å². The lowest BCUT2D eigenvalue weighted by Gasteiger charge is -2.27. The van der Waals surface area contributed by atoms with Crippen molar-refractivity contribution < 1.29 is 87.2 Å². The standard InChI is InChI=1S/C16H24O2.C14H23NO.C14H22O.2C10H14O.C2H3ClO2.3CH4.ClH.H2O4S/c1-11(17)18-14-9-8-12(15(2,3)4)10-13(14)16(5,6)7;1-13(2,3)9-7-10(14(4,5)6)12(16)8-11(9)15;1-13(2,3)10-7-8-12(15)11(9-10)14(4,5)6;2*1-10(2,3)8-4-6-9(11)7-5-8;1-5-2(3)4;;;;;1-5(2,3)4/h8-10H,1-7H3;7-8,16H,15H2,1-6H3;7-9,15H,1-6H3;2*4-7,11H,1-3H3;1H3;3*1H4;1H;(H2,1,2,3,4)/p+1/i5D3,6D3,9D;4D3,5D3;4D3,5D3,8D;6D,7D;;;;;;;/hD5. The van der Waals surface area contributed by atoms with Crippen LogP contribution in [-0.4, -0.2) is 63.4 Å². The first-order chi connectivity index (χ1) is 48.1. The minimum Gasteiger partial charge on any atom is -0.508 e. The maximum absolute atomic E-state index is 11.4. The smallest absolute Gasteiger partial charge is 0.508 e. The molecule has 0 heterocycles. The number of halogens is 2.